The van der Waals surface area contributed by atoms with Crippen LogP contribution in [0.3, 0.4) is 0 Å². The fourth-order valence-electron chi connectivity index (χ4n) is 10.4. The van der Waals surface area contributed by atoms with Gasteiger partial charge in [-0.05, 0) is 81.3 Å². The molecule has 14 nitrogen and oxygen atoms in total. The number of hydrogen-bond acceptors (Lipinski definition) is 10. The quantitative estimate of drug-likeness (QED) is 0.243. The van der Waals surface area contributed by atoms with E-state index in [0.717, 1.165) is 118 Å². The molecule has 290 valence electrons. The van der Waals surface area contributed by atoms with Gasteiger partial charge in [-0.3, -0.25) is 34.3 Å². The smallest absolute Gasteiger partial charge is 0.270 e. The highest BCUT2D eigenvalue weighted by molar-refractivity contribution is 6.16. The first kappa shape index (κ1) is 35.1. The zero-order valence-electron chi connectivity index (χ0n) is 32.1. The number of amides is 4. The molecule has 56 heavy (non-hydrogen) atoms. The van der Waals surface area contributed by atoms with E-state index in [2.05, 4.69) is 42.1 Å². The van der Waals surface area contributed by atoms with Gasteiger partial charge in [0.1, 0.15) is 23.2 Å². The van der Waals surface area contributed by atoms with Gasteiger partial charge in [0, 0.05) is 87.2 Å². The van der Waals surface area contributed by atoms with E-state index in [1.807, 2.05) is 30.5 Å². The van der Waals surface area contributed by atoms with Crippen LogP contribution in [-0.4, -0.2) is 99.3 Å². The lowest BCUT2D eigenvalue weighted by Gasteiger charge is -2.30. The van der Waals surface area contributed by atoms with Crippen LogP contribution >= 0.6 is 0 Å². The number of pyridine rings is 1. The van der Waals surface area contributed by atoms with E-state index in [-0.39, 0.29) is 41.5 Å². The minimum absolute atomic E-state index is 0.0141. The average Bonchev–Trinajstić information content (AvgIpc) is 3.64. The molecule has 2 spiro atoms. The molecular formula is C42H48N10O4. The topological polar surface area (TPSA) is 149 Å². The number of anilines is 4. The maximum absolute atomic E-state index is 14.0. The van der Waals surface area contributed by atoms with Crippen molar-refractivity contribution in [2.45, 2.75) is 88.3 Å². The Morgan fingerprint density at radius 2 is 1.75 bits per heavy atom. The van der Waals surface area contributed by atoms with Crippen LogP contribution in [0.5, 0.6) is 0 Å². The monoisotopic (exact) mass is 756 g/mol. The summed E-state index contributed by atoms with van der Waals surface area (Å²) in [5, 5.41) is 6.60. The van der Waals surface area contributed by atoms with Crippen LogP contribution in [0.25, 0.3) is 11.0 Å². The Balaban J connectivity index is 0.809. The van der Waals surface area contributed by atoms with E-state index in [9.17, 15) is 19.2 Å². The fraction of sp³-hybridized carbons (Fsp3) is 0.500. The predicted molar refractivity (Wildman–Crippen MR) is 211 cm³/mol. The minimum atomic E-state index is -0.645. The molecule has 14 heteroatoms. The first-order valence-electron chi connectivity index (χ1n) is 20.2. The van der Waals surface area contributed by atoms with Crippen molar-refractivity contribution >= 4 is 57.8 Å². The minimum Gasteiger partial charge on any atom is -0.371 e. The van der Waals surface area contributed by atoms with E-state index in [1.54, 1.807) is 30.1 Å². The lowest BCUT2D eigenvalue weighted by Crippen LogP contribution is -2.54. The summed E-state index contributed by atoms with van der Waals surface area (Å²) >= 11 is 0. The molecule has 2 atom stereocenters. The van der Waals surface area contributed by atoms with Crippen molar-refractivity contribution in [2.75, 3.05) is 55.4 Å². The SMILES string of the molecule is CN(C)C(=O)c1cc2cnc(Nc3ccc(CN4CCC5(CCN(c6cccc7c6C6(CC6)C(=O)N7[C@@H]6CCC(=O)NC6=O)C5)C4)cn3)nc2n1C1CCCC1. The zero-order valence-corrected chi connectivity index (χ0v) is 32.1. The first-order valence-corrected chi connectivity index (χ1v) is 20.2. The third-order valence-corrected chi connectivity index (χ3v) is 13.3. The van der Waals surface area contributed by atoms with Crippen molar-refractivity contribution in [3.8, 4) is 0 Å². The van der Waals surface area contributed by atoms with E-state index in [1.165, 1.54) is 0 Å². The number of nitrogens with one attached hydrogen (secondary N) is 2. The number of likely N-dealkylation sites (tertiary alicyclic amines) is 1. The molecule has 4 aromatic rings. The predicted octanol–water partition coefficient (Wildman–Crippen LogP) is 4.67. The number of carbonyl (C=O) groups is 4. The molecule has 0 bridgehead atoms. The standard InChI is InChI=1S/C42H48N10O4/c1-48(2)38(55)32-20-27-22-44-40(47-36(27)51(32)28-6-3-4-7-28)45-33-12-10-26(21-43-33)23-49-18-16-41(24-49)17-19-50(25-41)29-8-5-9-30-35(29)42(14-15-42)39(56)52(30)31-11-13-34(53)46-37(31)54/h5,8-10,12,20-22,28,31H,3-4,6-7,11,13-19,23-25H2,1-2H3,(H,46,53,54)(H,43,44,45,47)/t31-,41?/m1/s1. The van der Waals surface area contributed by atoms with Crippen LogP contribution in [0.2, 0.25) is 0 Å². The van der Waals surface area contributed by atoms with Gasteiger partial charge in [0.2, 0.25) is 23.7 Å². The Morgan fingerprint density at radius 1 is 0.946 bits per heavy atom. The zero-order chi connectivity index (χ0) is 38.3. The second-order valence-electron chi connectivity index (χ2n) is 17.2. The highest BCUT2D eigenvalue weighted by Crippen LogP contribution is 2.61. The number of aromatic nitrogens is 4. The van der Waals surface area contributed by atoms with Crippen LogP contribution in [-0.2, 0) is 26.3 Å². The molecule has 5 fully saturated rings. The van der Waals surface area contributed by atoms with E-state index >= 15 is 0 Å². The van der Waals surface area contributed by atoms with Crippen molar-refractivity contribution in [2.24, 2.45) is 5.41 Å². The average molecular weight is 757 g/mol. The van der Waals surface area contributed by atoms with Gasteiger partial charge in [0.05, 0.1) is 11.1 Å². The molecule has 4 amide bonds. The molecular weight excluding hydrogens is 709 g/mol. The number of hydrogen-bond donors (Lipinski definition) is 2. The summed E-state index contributed by atoms with van der Waals surface area (Å²) in [6, 6.07) is 11.8. The van der Waals surface area contributed by atoms with Gasteiger partial charge in [-0.15, -0.1) is 0 Å². The summed E-state index contributed by atoms with van der Waals surface area (Å²) in [7, 11) is 3.56. The van der Waals surface area contributed by atoms with Crippen LogP contribution in [0.15, 0.2) is 48.8 Å². The second kappa shape index (κ2) is 13.1. The van der Waals surface area contributed by atoms with Crippen LogP contribution in [0.4, 0.5) is 23.1 Å². The van der Waals surface area contributed by atoms with E-state index in [4.69, 9.17) is 9.97 Å². The maximum atomic E-state index is 14.0. The van der Waals surface area contributed by atoms with Crippen molar-refractivity contribution in [1.29, 1.82) is 0 Å². The van der Waals surface area contributed by atoms with E-state index in [0.29, 0.717) is 23.9 Å². The number of carbonyl (C=O) groups excluding carboxylic acids is 4. The van der Waals surface area contributed by atoms with Gasteiger partial charge in [-0.1, -0.05) is 25.0 Å². The van der Waals surface area contributed by atoms with Gasteiger partial charge in [0.25, 0.3) is 5.91 Å². The van der Waals surface area contributed by atoms with Gasteiger partial charge < -0.3 is 19.7 Å². The molecule has 6 aliphatic rings. The second-order valence-corrected chi connectivity index (χ2v) is 17.2. The molecule has 3 aromatic heterocycles. The number of nitrogens with zero attached hydrogens (tertiary/aromatic N) is 8. The summed E-state index contributed by atoms with van der Waals surface area (Å²) in [6.45, 7) is 4.69. The number of imide groups is 1. The summed E-state index contributed by atoms with van der Waals surface area (Å²) in [6.07, 6.45) is 12.5. The van der Waals surface area contributed by atoms with Crippen molar-refractivity contribution in [3.05, 3.63) is 65.6 Å². The summed E-state index contributed by atoms with van der Waals surface area (Å²) in [5.41, 5.74) is 5.25. The summed E-state index contributed by atoms with van der Waals surface area (Å²) < 4.78 is 2.12. The number of fused-ring (bicyclic) bond motifs is 3. The van der Waals surface area contributed by atoms with Crippen molar-refractivity contribution in [3.63, 3.8) is 0 Å². The van der Waals surface area contributed by atoms with Crippen molar-refractivity contribution < 1.29 is 19.2 Å². The summed E-state index contributed by atoms with van der Waals surface area (Å²) in [5.74, 6) is 0.461. The fourth-order valence-corrected chi connectivity index (χ4v) is 10.4. The van der Waals surface area contributed by atoms with Gasteiger partial charge in [0.15, 0.2) is 0 Å². The van der Waals surface area contributed by atoms with Crippen LogP contribution in [0, 0.1) is 5.41 Å². The Kier molecular flexibility index (Phi) is 8.21. The Morgan fingerprint density at radius 3 is 2.50 bits per heavy atom. The highest BCUT2D eigenvalue weighted by atomic mass is 16.2. The molecule has 10 rings (SSSR count). The maximum Gasteiger partial charge on any atom is 0.270 e. The molecule has 0 radical (unpaired) electrons. The normalized spacial score (nSPS) is 24.5. The molecule has 2 aliphatic carbocycles. The third kappa shape index (κ3) is 5.74. The third-order valence-electron chi connectivity index (χ3n) is 13.3. The molecule has 1 unspecified atom stereocenters. The van der Waals surface area contributed by atoms with E-state index < -0.39 is 11.5 Å². The Bertz CT molecular complexity index is 2280. The number of rotatable bonds is 8. The van der Waals surface area contributed by atoms with Gasteiger partial charge in [-0.2, -0.15) is 4.98 Å². The Labute approximate surface area is 325 Å². The Hall–Kier alpha value is -5.37. The molecule has 1 aromatic carbocycles. The van der Waals surface area contributed by atoms with Gasteiger partial charge in [-0.25, -0.2) is 9.97 Å². The number of piperidine rings is 1. The largest absolute Gasteiger partial charge is 0.371 e. The molecule has 4 aliphatic heterocycles. The lowest BCUT2D eigenvalue weighted by atomic mass is 9.86. The highest BCUT2D eigenvalue weighted by Gasteiger charge is 2.62. The lowest BCUT2D eigenvalue weighted by molar-refractivity contribution is -0.135. The van der Waals surface area contributed by atoms with Crippen LogP contribution in [0.1, 0.15) is 91.9 Å². The molecule has 2 saturated carbocycles. The van der Waals surface area contributed by atoms with Gasteiger partial charge >= 0.3 is 0 Å². The van der Waals surface area contributed by atoms with Crippen molar-refractivity contribution in [1.82, 2.24) is 34.6 Å². The molecule has 7 heterocycles. The summed E-state index contributed by atoms with van der Waals surface area (Å²) in [4.78, 5) is 74.4. The van der Waals surface area contributed by atoms with Crippen LogP contribution < -0.4 is 20.4 Å². The molecule has 3 saturated heterocycles. The number of benzene rings is 1. The molecule has 2 N–H and O–H groups in total. The first-order chi connectivity index (χ1) is 27.1.